The van der Waals surface area contributed by atoms with Gasteiger partial charge in [-0.15, -0.1) is 10.2 Å². The number of rotatable bonds is 6. The second-order valence-corrected chi connectivity index (χ2v) is 8.56. The Hall–Kier alpha value is -2.84. The highest BCUT2D eigenvalue weighted by atomic mass is 35.5. The van der Waals surface area contributed by atoms with E-state index in [1.165, 1.54) is 11.8 Å². The van der Waals surface area contributed by atoms with E-state index in [2.05, 4.69) is 15.5 Å². The molecule has 0 saturated carbocycles. The zero-order chi connectivity index (χ0) is 21.1. The van der Waals surface area contributed by atoms with Gasteiger partial charge in [0.2, 0.25) is 11.8 Å². The van der Waals surface area contributed by atoms with Crippen LogP contribution in [0.3, 0.4) is 0 Å². The van der Waals surface area contributed by atoms with E-state index in [1.807, 2.05) is 43.4 Å². The van der Waals surface area contributed by atoms with Gasteiger partial charge in [-0.25, -0.2) is 0 Å². The van der Waals surface area contributed by atoms with Crippen LogP contribution in [0.15, 0.2) is 64.9 Å². The molecule has 1 aliphatic heterocycles. The summed E-state index contributed by atoms with van der Waals surface area (Å²) in [6.45, 7) is 0.903. The molecule has 0 aliphatic carbocycles. The van der Waals surface area contributed by atoms with Gasteiger partial charge in [-0.1, -0.05) is 41.9 Å². The van der Waals surface area contributed by atoms with E-state index in [1.54, 1.807) is 27.9 Å². The summed E-state index contributed by atoms with van der Waals surface area (Å²) in [6.07, 6.45) is 1.81. The van der Waals surface area contributed by atoms with Crippen molar-refractivity contribution in [2.24, 2.45) is 13.0 Å². The highest BCUT2D eigenvalue weighted by Crippen LogP contribution is 2.34. The van der Waals surface area contributed by atoms with Crippen molar-refractivity contribution >= 4 is 40.9 Å². The predicted molar refractivity (Wildman–Crippen MR) is 115 cm³/mol. The molecule has 1 aliphatic rings. The third-order valence-corrected chi connectivity index (χ3v) is 6.24. The average molecular weight is 442 g/mol. The zero-order valence-electron chi connectivity index (χ0n) is 16.3. The van der Waals surface area contributed by atoms with Gasteiger partial charge in [0.1, 0.15) is 6.33 Å². The molecule has 3 aromatic rings. The van der Waals surface area contributed by atoms with Crippen molar-refractivity contribution in [3.05, 3.63) is 65.4 Å². The van der Waals surface area contributed by atoms with Gasteiger partial charge in [0.25, 0.3) is 0 Å². The number of aromatic nitrogens is 3. The highest BCUT2D eigenvalue weighted by molar-refractivity contribution is 7.99. The molecule has 30 heavy (non-hydrogen) atoms. The van der Waals surface area contributed by atoms with E-state index in [0.717, 1.165) is 10.5 Å². The van der Waals surface area contributed by atoms with E-state index < -0.39 is 5.92 Å². The molecule has 0 bridgehead atoms. The van der Waals surface area contributed by atoms with Gasteiger partial charge in [0.15, 0.2) is 5.16 Å². The summed E-state index contributed by atoms with van der Waals surface area (Å²) >= 11 is 7.54. The van der Waals surface area contributed by atoms with E-state index >= 15 is 0 Å². The summed E-state index contributed by atoms with van der Waals surface area (Å²) < 4.78 is 1.79. The van der Waals surface area contributed by atoms with Crippen LogP contribution < -0.4 is 5.32 Å². The molecule has 1 atom stereocenters. The van der Waals surface area contributed by atoms with Crippen LogP contribution in [0.2, 0.25) is 5.02 Å². The molecule has 1 aromatic heterocycles. The second-order valence-electron chi connectivity index (χ2n) is 7.12. The number of nitrogens with one attached hydrogen (secondary N) is 1. The summed E-state index contributed by atoms with van der Waals surface area (Å²) in [5, 5.41) is 12.1. The maximum Gasteiger partial charge on any atom is 0.229 e. The maximum absolute atomic E-state index is 12.9. The third-order valence-electron chi connectivity index (χ3n) is 4.87. The van der Waals surface area contributed by atoms with Gasteiger partial charge in [-0.3, -0.25) is 9.59 Å². The van der Waals surface area contributed by atoms with E-state index in [-0.39, 0.29) is 18.2 Å². The molecule has 1 fully saturated rings. The number of anilines is 1. The molecule has 4 rings (SSSR count). The number of carbonyl (C=O) groups excluding carboxylic acids is 2. The minimum absolute atomic E-state index is 0.0150. The Balaban J connectivity index is 1.45. The van der Waals surface area contributed by atoms with Gasteiger partial charge < -0.3 is 14.8 Å². The Labute approximate surface area is 183 Å². The first-order chi connectivity index (χ1) is 14.5. The van der Waals surface area contributed by atoms with Gasteiger partial charge in [-0.05, 0) is 35.5 Å². The summed E-state index contributed by atoms with van der Waals surface area (Å²) in [7, 11) is 1.85. The fourth-order valence-corrected chi connectivity index (χ4v) is 4.30. The van der Waals surface area contributed by atoms with Crippen LogP contribution >= 0.6 is 23.4 Å². The lowest BCUT2D eigenvalue weighted by molar-refractivity contribution is -0.128. The van der Waals surface area contributed by atoms with Crippen molar-refractivity contribution in [2.45, 2.75) is 23.0 Å². The van der Waals surface area contributed by atoms with Crippen LogP contribution in [-0.4, -0.2) is 38.0 Å². The molecular formula is C21H20ClN5O2S. The molecule has 1 unspecified atom stereocenters. The number of hydrogen-bond acceptors (Lipinski definition) is 5. The lowest BCUT2D eigenvalue weighted by atomic mass is 10.1. The van der Waals surface area contributed by atoms with Crippen molar-refractivity contribution in [1.82, 2.24) is 19.7 Å². The van der Waals surface area contributed by atoms with Crippen molar-refractivity contribution in [3.63, 3.8) is 0 Å². The molecule has 1 N–H and O–H groups in total. The Morgan fingerprint density at radius 3 is 2.80 bits per heavy atom. The first-order valence-corrected chi connectivity index (χ1v) is 10.6. The number of aryl methyl sites for hydroxylation is 1. The van der Waals surface area contributed by atoms with Crippen LogP contribution in [0.5, 0.6) is 0 Å². The number of likely N-dealkylation sites (tertiary alicyclic amines) is 1. The van der Waals surface area contributed by atoms with Gasteiger partial charge in [0, 0.05) is 36.5 Å². The van der Waals surface area contributed by atoms with E-state index in [9.17, 15) is 9.59 Å². The van der Waals surface area contributed by atoms with E-state index in [0.29, 0.717) is 29.0 Å². The SMILES string of the molecule is Cn1cnnc1Sc1ccc(Cl)cc1NC(=O)C1CC(=O)N(Cc2ccccc2)C1. The van der Waals surface area contributed by atoms with Crippen LogP contribution in [0.1, 0.15) is 12.0 Å². The maximum atomic E-state index is 12.9. The normalized spacial score (nSPS) is 16.1. The molecule has 9 heteroatoms. The number of halogens is 1. The fourth-order valence-electron chi connectivity index (χ4n) is 3.29. The van der Waals surface area contributed by atoms with Crippen molar-refractivity contribution < 1.29 is 9.59 Å². The Morgan fingerprint density at radius 2 is 2.07 bits per heavy atom. The molecule has 1 saturated heterocycles. The van der Waals surface area contributed by atoms with Crippen molar-refractivity contribution in [1.29, 1.82) is 0 Å². The average Bonchev–Trinajstić information content (AvgIpc) is 3.30. The first kappa shape index (κ1) is 20.4. The molecule has 154 valence electrons. The monoisotopic (exact) mass is 441 g/mol. The summed E-state index contributed by atoms with van der Waals surface area (Å²) in [5.74, 6) is -0.618. The number of nitrogens with zero attached hydrogens (tertiary/aromatic N) is 4. The first-order valence-electron chi connectivity index (χ1n) is 9.43. The molecule has 0 radical (unpaired) electrons. The fraction of sp³-hybridized carbons (Fsp3) is 0.238. The Bertz CT molecular complexity index is 1070. The lowest BCUT2D eigenvalue weighted by Gasteiger charge is -2.17. The number of benzene rings is 2. The molecular weight excluding hydrogens is 422 g/mol. The highest BCUT2D eigenvalue weighted by Gasteiger charge is 2.34. The summed E-state index contributed by atoms with van der Waals surface area (Å²) in [4.78, 5) is 27.9. The second kappa shape index (κ2) is 8.89. The van der Waals surface area contributed by atoms with Crippen molar-refractivity contribution in [2.75, 3.05) is 11.9 Å². The van der Waals surface area contributed by atoms with Crippen LogP contribution in [-0.2, 0) is 23.2 Å². The van der Waals surface area contributed by atoms with E-state index in [4.69, 9.17) is 11.6 Å². The molecule has 2 heterocycles. The topological polar surface area (TPSA) is 80.1 Å². The molecule has 2 aromatic carbocycles. The molecule has 7 nitrogen and oxygen atoms in total. The molecule has 0 spiro atoms. The quantitative estimate of drug-likeness (QED) is 0.632. The van der Waals surface area contributed by atoms with Crippen molar-refractivity contribution in [3.8, 4) is 0 Å². The smallest absolute Gasteiger partial charge is 0.229 e. The number of amides is 2. The van der Waals surface area contributed by atoms with Gasteiger partial charge in [-0.2, -0.15) is 0 Å². The molecule has 2 amide bonds. The van der Waals surface area contributed by atoms with Crippen LogP contribution in [0.4, 0.5) is 5.69 Å². The largest absolute Gasteiger partial charge is 0.338 e. The van der Waals surface area contributed by atoms with Gasteiger partial charge in [0.05, 0.1) is 11.6 Å². The zero-order valence-corrected chi connectivity index (χ0v) is 17.9. The van der Waals surface area contributed by atoms with Crippen LogP contribution in [0.25, 0.3) is 0 Å². The number of carbonyl (C=O) groups is 2. The Morgan fingerprint density at radius 1 is 1.27 bits per heavy atom. The lowest BCUT2D eigenvalue weighted by Crippen LogP contribution is -2.28. The minimum Gasteiger partial charge on any atom is -0.338 e. The summed E-state index contributed by atoms with van der Waals surface area (Å²) in [5.41, 5.74) is 1.64. The minimum atomic E-state index is -0.409. The predicted octanol–water partition coefficient (Wildman–Crippen LogP) is 3.61. The Kier molecular flexibility index (Phi) is 6.06. The van der Waals surface area contributed by atoms with Gasteiger partial charge >= 0.3 is 0 Å². The summed E-state index contributed by atoms with van der Waals surface area (Å²) in [6, 6.07) is 15.1. The van der Waals surface area contributed by atoms with Crippen LogP contribution in [0, 0.1) is 5.92 Å². The standard InChI is InChI=1S/C21H20ClN5O2S/c1-26-13-23-25-21(26)30-18-8-7-16(22)10-17(18)24-20(29)15-9-19(28)27(12-15)11-14-5-3-2-4-6-14/h2-8,10,13,15H,9,11-12H2,1H3,(H,24,29). The number of hydrogen-bond donors (Lipinski definition) is 1. The third kappa shape index (κ3) is 4.66.